The Morgan fingerprint density at radius 2 is 2.06 bits per heavy atom. The summed E-state index contributed by atoms with van der Waals surface area (Å²) < 4.78 is 19.0. The zero-order valence-corrected chi connectivity index (χ0v) is 18.7. The minimum absolute atomic E-state index is 0.0588. The van der Waals surface area contributed by atoms with Crippen molar-refractivity contribution in [3.8, 4) is 17.0 Å². The molecule has 0 radical (unpaired) electrons. The molecular formula is C23H28ClNO6. The van der Waals surface area contributed by atoms with E-state index in [1.165, 1.54) is 6.07 Å². The Balaban J connectivity index is 1.87. The number of aliphatic hydroxyl groups excluding tert-OH is 1. The van der Waals surface area contributed by atoms with Crippen molar-refractivity contribution < 1.29 is 24.4 Å². The molecule has 1 aromatic heterocycles. The number of pyridine rings is 1. The van der Waals surface area contributed by atoms with E-state index >= 15 is 0 Å². The van der Waals surface area contributed by atoms with Gasteiger partial charge in [-0.3, -0.25) is 4.79 Å². The van der Waals surface area contributed by atoms with Crippen LogP contribution in [0.25, 0.3) is 11.3 Å². The summed E-state index contributed by atoms with van der Waals surface area (Å²) in [7, 11) is 1.65. The lowest BCUT2D eigenvalue weighted by atomic mass is 9.73. The minimum atomic E-state index is -1.84. The third-order valence-corrected chi connectivity index (χ3v) is 6.51. The van der Waals surface area contributed by atoms with E-state index < -0.39 is 17.3 Å². The number of benzene rings is 1. The Kier molecular flexibility index (Phi) is 6.16. The fourth-order valence-corrected chi connectivity index (χ4v) is 5.05. The van der Waals surface area contributed by atoms with Gasteiger partial charge in [0.25, 0.3) is 0 Å². The van der Waals surface area contributed by atoms with E-state index in [1.807, 2.05) is 30.5 Å². The summed E-state index contributed by atoms with van der Waals surface area (Å²) in [5.74, 6) is 0.703. The van der Waals surface area contributed by atoms with Crippen molar-refractivity contribution in [2.45, 2.75) is 50.5 Å². The number of ether oxygens (including phenoxy) is 3. The summed E-state index contributed by atoms with van der Waals surface area (Å²) >= 11 is 6.54. The fourth-order valence-electron chi connectivity index (χ4n) is 4.83. The lowest BCUT2D eigenvalue weighted by Crippen LogP contribution is -2.46. The zero-order valence-electron chi connectivity index (χ0n) is 17.9. The van der Waals surface area contributed by atoms with Crippen LogP contribution in [0.5, 0.6) is 5.75 Å². The van der Waals surface area contributed by atoms with Crippen LogP contribution in [0.1, 0.15) is 56.1 Å². The summed E-state index contributed by atoms with van der Waals surface area (Å²) in [4.78, 5) is 12.6. The summed E-state index contributed by atoms with van der Waals surface area (Å²) in [6.45, 7) is 5.73. The second-order valence-electron chi connectivity index (χ2n) is 8.62. The summed E-state index contributed by atoms with van der Waals surface area (Å²) in [6.07, 6.45) is 1.24. The van der Waals surface area contributed by atoms with Crippen molar-refractivity contribution >= 4 is 11.6 Å². The first kappa shape index (κ1) is 22.3. The Morgan fingerprint density at radius 3 is 2.77 bits per heavy atom. The number of hydrogen-bond donors (Lipinski definition) is 2. The predicted octanol–water partition coefficient (Wildman–Crippen LogP) is 3.40. The van der Waals surface area contributed by atoms with E-state index in [1.54, 1.807) is 13.3 Å². The van der Waals surface area contributed by atoms with Crippen LogP contribution in [0.4, 0.5) is 0 Å². The monoisotopic (exact) mass is 449 g/mol. The molecule has 1 saturated heterocycles. The van der Waals surface area contributed by atoms with Gasteiger partial charge >= 0.3 is 0 Å². The molecule has 0 spiro atoms. The van der Waals surface area contributed by atoms with Crippen LogP contribution in [0.15, 0.2) is 29.2 Å². The normalized spacial score (nSPS) is 21.4. The predicted molar refractivity (Wildman–Crippen MR) is 117 cm³/mol. The molecule has 2 N–H and O–H groups in total. The highest BCUT2D eigenvalue weighted by atomic mass is 35.5. The third kappa shape index (κ3) is 4.01. The van der Waals surface area contributed by atoms with Gasteiger partial charge in [-0.15, -0.1) is 0 Å². The van der Waals surface area contributed by atoms with E-state index in [9.17, 15) is 15.0 Å². The van der Waals surface area contributed by atoms with Gasteiger partial charge in [0.2, 0.25) is 0 Å². The molecule has 0 amide bonds. The number of aromatic nitrogens is 1. The molecule has 2 aliphatic heterocycles. The lowest BCUT2D eigenvalue weighted by Gasteiger charge is -2.49. The molecule has 3 heterocycles. The van der Waals surface area contributed by atoms with Gasteiger partial charge in [-0.05, 0) is 38.0 Å². The molecule has 4 rings (SSSR count). The minimum Gasteiger partial charge on any atom is -0.492 e. The van der Waals surface area contributed by atoms with Crippen molar-refractivity contribution in [2.75, 3.05) is 26.9 Å². The van der Waals surface area contributed by atoms with Crippen molar-refractivity contribution in [1.29, 1.82) is 0 Å². The molecule has 1 aromatic carbocycles. The largest absolute Gasteiger partial charge is 0.492 e. The smallest absolute Gasteiger partial charge is 0.190 e. The summed E-state index contributed by atoms with van der Waals surface area (Å²) in [6, 6.07) is 5.13. The van der Waals surface area contributed by atoms with Crippen LogP contribution in [0.2, 0.25) is 5.02 Å². The Hall–Kier alpha value is -1.90. The number of halogens is 1. The highest BCUT2D eigenvalue weighted by molar-refractivity contribution is 6.32. The second-order valence-corrected chi connectivity index (χ2v) is 9.02. The van der Waals surface area contributed by atoms with Crippen LogP contribution in [0.3, 0.4) is 0 Å². The molecule has 0 aliphatic carbocycles. The Morgan fingerprint density at radius 1 is 1.29 bits per heavy atom. The van der Waals surface area contributed by atoms with Crippen molar-refractivity contribution in [2.24, 2.45) is 0 Å². The third-order valence-electron chi connectivity index (χ3n) is 6.21. The van der Waals surface area contributed by atoms with Crippen LogP contribution < -0.4 is 10.2 Å². The molecule has 2 unspecified atom stereocenters. The highest BCUT2D eigenvalue weighted by Gasteiger charge is 2.46. The topological polar surface area (TPSA) is 90.2 Å². The van der Waals surface area contributed by atoms with Gasteiger partial charge < -0.3 is 29.0 Å². The first-order valence-electron chi connectivity index (χ1n) is 10.5. The molecule has 31 heavy (non-hydrogen) atoms. The number of fused-ring (bicyclic) bond motifs is 6. The molecular weight excluding hydrogens is 422 g/mol. The second kappa shape index (κ2) is 8.56. The van der Waals surface area contributed by atoms with Crippen LogP contribution in [0, 0.1) is 0 Å². The maximum absolute atomic E-state index is 12.6. The molecule has 7 nitrogen and oxygen atoms in total. The molecule has 2 aromatic rings. The Labute approximate surface area is 186 Å². The van der Waals surface area contributed by atoms with E-state index in [0.717, 1.165) is 24.0 Å². The number of methoxy groups -OCH3 is 1. The van der Waals surface area contributed by atoms with Crippen molar-refractivity contribution in [3.63, 3.8) is 0 Å². The first-order valence-corrected chi connectivity index (χ1v) is 10.8. The van der Waals surface area contributed by atoms with Gasteiger partial charge in [0, 0.05) is 50.5 Å². The van der Waals surface area contributed by atoms with Crippen LogP contribution in [-0.2, 0) is 9.47 Å². The van der Waals surface area contributed by atoms with Gasteiger partial charge in [0.15, 0.2) is 11.7 Å². The zero-order chi connectivity index (χ0) is 22.3. The Bertz CT molecular complexity index is 1030. The molecule has 168 valence electrons. The van der Waals surface area contributed by atoms with Crippen LogP contribution in [-0.4, -0.2) is 47.3 Å². The first-order chi connectivity index (χ1) is 14.7. The van der Waals surface area contributed by atoms with Gasteiger partial charge in [-0.1, -0.05) is 11.6 Å². The van der Waals surface area contributed by atoms with Crippen molar-refractivity contribution in [1.82, 2.24) is 4.57 Å². The molecule has 8 heteroatoms. The average Bonchev–Trinajstić information content (AvgIpc) is 2.71. The number of rotatable bonds is 6. The standard InChI is InChI=1S/C23H28ClNO6/c1-23(2)21-13(5-8-31-23)14-10-20(30-7-4-6-29-3)17(24)9-15(14)18-11-19(26)16(22(27)28)12-25(18)21/h9-13,21-22,27-28H,4-8H2,1-3H3. The molecule has 1 fully saturated rings. The number of nitrogens with zero attached hydrogens (tertiary/aromatic N) is 1. The maximum Gasteiger partial charge on any atom is 0.190 e. The maximum atomic E-state index is 12.6. The van der Waals surface area contributed by atoms with Gasteiger partial charge in [0.05, 0.1) is 34.5 Å². The molecule has 2 aliphatic rings. The molecule has 2 atom stereocenters. The summed E-state index contributed by atoms with van der Waals surface area (Å²) in [5.41, 5.74) is 1.57. The molecule has 0 bridgehead atoms. The van der Waals surface area contributed by atoms with Gasteiger partial charge in [0.1, 0.15) is 5.75 Å². The lowest BCUT2D eigenvalue weighted by molar-refractivity contribution is -0.0983. The van der Waals surface area contributed by atoms with Crippen LogP contribution >= 0.6 is 11.6 Å². The van der Waals surface area contributed by atoms with E-state index in [0.29, 0.717) is 36.3 Å². The molecule has 0 saturated carbocycles. The highest BCUT2D eigenvalue weighted by Crippen LogP contribution is 2.53. The average molecular weight is 450 g/mol. The van der Waals surface area contributed by atoms with Gasteiger partial charge in [-0.2, -0.15) is 0 Å². The number of hydrogen-bond acceptors (Lipinski definition) is 6. The van der Waals surface area contributed by atoms with Gasteiger partial charge in [-0.25, -0.2) is 0 Å². The van der Waals surface area contributed by atoms with Crippen molar-refractivity contribution in [3.05, 3.63) is 50.8 Å². The SMILES string of the molecule is COCCCOc1cc2c(cc1Cl)-c1cc(=O)c(C(O)O)cn1C1C2CCOC1(C)C. The van der Waals surface area contributed by atoms with E-state index in [4.69, 9.17) is 25.8 Å². The quantitative estimate of drug-likeness (QED) is 0.519. The summed E-state index contributed by atoms with van der Waals surface area (Å²) in [5, 5.41) is 19.9. The van der Waals surface area contributed by atoms with E-state index in [2.05, 4.69) is 0 Å². The van der Waals surface area contributed by atoms with E-state index in [-0.39, 0.29) is 17.5 Å². The number of aliphatic hydroxyl groups is 2. The fraction of sp³-hybridized carbons (Fsp3) is 0.522.